The van der Waals surface area contributed by atoms with Gasteiger partial charge in [0, 0.05) is 29.1 Å². The molecule has 0 radical (unpaired) electrons. The van der Waals surface area contributed by atoms with Crippen molar-refractivity contribution in [2.75, 3.05) is 26.1 Å². The van der Waals surface area contributed by atoms with E-state index in [9.17, 15) is 14.7 Å². The molecule has 2 aromatic carbocycles. The largest absolute Gasteiger partial charge is 0.508 e. The second kappa shape index (κ2) is 8.63. The number of methoxy groups -OCH3 is 1. The number of hydrogen-bond acceptors (Lipinski definition) is 6. The quantitative estimate of drug-likeness (QED) is 0.620. The third-order valence-electron chi connectivity index (χ3n) is 4.59. The highest BCUT2D eigenvalue weighted by atomic mass is 32.1. The molecule has 0 unspecified atom stereocenters. The van der Waals surface area contributed by atoms with E-state index < -0.39 is 5.97 Å². The molecule has 1 aromatic heterocycles. The molecular weight excluding hydrogens is 388 g/mol. The summed E-state index contributed by atoms with van der Waals surface area (Å²) in [5.74, 6) is -0.524. The molecule has 3 rings (SSSR count). The number of phenols is 1. The van der Waals surface area contributed by atoms with Crippen LogP contribution in [0.2, 0.25) is 0 Å². The van der Waals surface area contributed by atoms with Crippen LogP contribution in [0.1, 0.15) is 28.4 Å². The number of aromatic hydroxyl groups is 1. The molecule has 1 N–H and O–H groups in total. The van der Waals surface area contributed by atoms with Crippen molar-refractivity contribution in [1.82, 2.24) is 4.90 Å². The molecule has 6 nitrogen and oxygen atoms in total. The number of phenolic OH excluding ortho intramolecular Hbond substituents is 1. The van der Waals surface area contributed by atoms with Gasteiger partial charge < -0.3 is 14.7 Å². The van der Waals surface area contributed by atoms with Gasteiger partial charge in [0.1, 0.15) is 16.3 Å². The zero-order valence-corrected chi connectivity index (χ0v) is 17.7. The van der Waals surface area contributed by atoms with Gasteiger partial charge in [-0.05, 0) is 31.8 Å². The first-order chi connectivity index (χ1) is 13.8. The molecule has 7 heteroatoms. The number of thiophene rings is 1. The number of hydrogen-bond donors (Lipinski definition) is 1. The Kier molecular flexibility index (Phi) is 6.20. The van der Waals surface area contributed by atoms with Crippen LogP contribution in [0.5, 0.6) is 5.75 Å². The average molecular weight is 413 g/mol. The molecule has 0 aliphatic rings. The van der Waals surface area contributed by atoms with Crippen LogP contribution in [0.25, 0.3) is 10.1 Å². The van der Waals surface area contributed by atoms with Gasteiger partial charge in [0.05, 0.1) is 13.7 Å². The number of esters is 1. The molecule has 0 spiro atoms. The highest BCUT2D eigenvalue weighted by Gasteiger charge is 2.28. The van der Waals surface area contributed by atoms with E-state index in [1.165, 1.54) is 25.4 Å². The molecule has 0 fully saturated rings. The van der Waals surface area contributed by atoms with Crippen LogP contribution >= 0.6 is 11.3 Å². The number of rotatable bonds is 6. The first-order valence-corrected chi connectivity index (χ1v) is 9.97. The Bertz CT molecular complexity index is 1040. The molecule has 1 amide bonds. The van der Waals surface area contributed by atoms with Crippen LogP contribution in [0.3, 0.4) is 0 Å². The SMILES string of the molecule is COC(=O)c1c(N(Cc2ccccc2)C(C)=O)sc2c(CN(C)C)c(O)ccc12. The standard InChI is InChI=1S/C22H24N2O4S/c1-14(25)24(12-15-8-6-5-7-9-15)21-19(22(27)28-4)16-10-11-18(26)17(13-23(2)3)20(16)29-21/h5-11,26H,12-13H2,1-4H3. The summed E-state index contributed by atoms with van der Waals surface area (Å²) < 4.78 is 5.80. The lowest BCUT2D eigenvalue weighted by molar-refractivity contribution is -0.116. The molecule has 0 saturated carbocycles. The summed E-state index contributed by atoms with van der Waals surface area (Å²) in [5.41, 5.74) is 2.02. The predicted octanol–water partition coefficient (Wildman–Crippen LogP) is 4.01. The number of benzene rings is 2. The maximum Gasteiger partial charge on any atom is 0.341 e. The number of amides is 1. The number of carbonyl (C=O) groups is 2. The Morgan fingerprint density at radius 3 is 2.34 bits per heavy atom. The van der Waals surface area contributed by atoms with Crippen molar-refractivity contribution in [3.8, 4) is 5.75 Å². The van der Waals surface area contributed by atoms with Crippen molar-refractivity contribution in [2.24, 2.45) is 0 Å². The van der Waals surface area contributed by atoms with Crippen LogP contribution in [-0.2, 0) is 22.6 Å². The summed E-state index contributed by atoms with van der Waals surface area (Å²) in [4.78, 5) is 28.8. The molecule has 0 aliphatic carbocycles. The summed E-state index contributed by atoms with van der Waals surface area (Å²) in [5, 5.41) is 11.6. The summed E-state index contributed by atoms with van der Waals surface area (Å²) in [6.07, 6.45) is 0. The van der Waals surface area contributed by atoms with Gasteiger partial charge in [-0.1, -0.05) is 30.3 Å². The number of ether oxygens (including phenoxy) is 1. The lowest BCUT2D eigenvalue weighted by Crippen LogP contribution is -2.28. The molecule has 0 saturated heterocycles. The van der Waals surface area contributed by atoms with Gasteiger partial charge in [-0.3, -0.25) is 9.69 Å². The Labute approximate surface area is 173 Å². The van der Waals surface area contributed by atoms with Gasteiger partial charge in [0.15, 0.2) is 0 Å². The first kappa shape index (κ1) is 20.8. The Morgan fingerprint density at radius 2 is 1.76 bits per heavy atom. The fourth-order valence-corrected chi connectivity index (χ4v) is 4.61. The molecule has 0 aliphatic heterocycles. The van der Waals surface area contributed by atoms with E-state index in [2.05, 4.69) is 0 Å². The van der Waals surface area contributed by atoms with Gasteiger partial charge in [-0.2, -0.15) is 0 Å². The zero-order chi connectivity index (χ0) is 21.1. The van der Waals surface area contributed by atoms with E-state index in [-0.39, 0.29) is 11.7 Å². The van der Waals surface area contributed by atoms with Gasteiger partial charge in [0.2, 0.25) is 5.91 Å². The normalized spacial score (nSPS) is 11.1. The fraction of sp³-hybridized carbons (Fsp3) is 0.273. The van der Waals surface area contributed by atoms with Crippen LogP contribution in [-0.4, -0.2) is 43.1 Å². The summed E-state index contributed by atoms with van der Waals surface area (Å²) >= 11 is 1.32. The molecule has 3 aromatic rings. The highest BCUT2D eigenvalue weighted by Crippen LogP contribution is 2.43. The van der Waals surface area contributed by atoms with E-state index >= 15 is 0 Å². The molecule has 0 bridgehead atoms. The van der Waals surface area contributed by atoms with Crippen molar-refractivity contribution >= 4 is 38.3 Å². The van der Waals surface area contributed by atoms with Gasteiger partial charge >= 0.3 is 5.97 Å². The molecule has 0 atom stereocenters. The minimum absolute atomic E-state index is 0.160. The second-order valence-electron chi connectivity index (χ2n) is 7.04. The van der Waals surface area contributed by atoms with E-state index in [0.717, 1.165) is 15.8 Å². The van der Waals surface area contributed by atoms with E-state index in [4.69, 9.17) is 4.74 Å². The molecule has 1 heterocycles. The van der Waals surface area contributed by atoms with Crippen molar-refractivity contribution in [3.63, 3.8) is 0 Å². The predicted molar refractivity (Wildman–Crippen MR) is 116 cm³/mol. The topological polar surface area (TPSA) is 70.1 Å². The Morgan fingerprint density at radius 1 is 1.07 bits per heavy atom. The monoisotopic (exact) mass is 412 g/mol. The Hall–Kier alpha value is -2.90. The van der Waals surface area contributed by atoms with Crippen LogP contribution in [0.4, 0.5) is 5.00 Å². The third-order valence-corrected chi connectivity index (χ3v) is 5.88. The number of anilines is 1. The van der Waals surface area contributed by atoms with Crippen LogP contribution < -0.4 is 4.90 Å². The number of fused-ring (bicyclic) bond motifs is 1. The van der Waals surface area contributed by atoms with Crippen molar-refractivity contribution < 1.29 is 19.4 Å². The number of carbonyl (C=O) groups excluding carboxylic acids is 2. The van der Waals surface area contributed by atoms with E-state index in [1.807, 2.05) is 49.3 Å². The minimum atomic E-state index is -0.507. The van der Waals surface area contributed by atoms with Gasteiger partial charge in [-0.25, -0.2) is 4.79 Å². The van der Waals surface area contributed by atoms with E-state index in [1.54, 1.807) is 17.0 Å². The summed E-state index contributed by atoms with van der Waals surface area (Å²) in [7, 11) is 5.14. The molecule has 29 heavy (non-hydrogen) atoms. The van der Waals surface area contributed by atoms with Gasteiger partial charge in [0.25, 0.3) is 0 Å². The average Bonchev–Trinajstić information content (AvgIpc) is 3.07. The number of nitrogens with zero attached hydrogens (tertiary/aromatic N) is 2. The van der Waals surface area contributed by atoms with E-state index in [0.29, 0.717) is 29.0 Å². The fourth-order valence-electron chi connectivity index (χ4n) is 3.24. The lowest BCUT2D eigenvalue weighted by Gasteiger charge is -2.20. The first-order valence-electron chi connectivity index (χ1n) is 9.16. The maximum atomic E-state index is 12.7. The zero-order valence-electron chi connectivity index (χ0n) is 16.9. The Balaban J connectivity index is 2.23. The van der Waals surface area contributed by atoms with Crippen LogP contribution in [0, 0.1) is 0 Å². The van der Waals surface area contributed by atoms with Crippen molar-refractivity contribution in [1.29, 1.82) is 0 Å². The smallest absolute Gasteiger partial charge is 0.341 e. The highest BCUT2D eigenvalue weighted by molar-refractivity contribution is 7.23. The summed E-state index contributed by atoms with van der Waals surface area (Å²) in [6.45, 7) is 2.32. The molecular formula is C22H24N2O4S. The summed E-state index contributed by atoms with van der Waals surface area (Å²) in [6, 6.07) is 12.9. The van der Waals surface area contributed by atoms with Crippen molar-refractivity contribution in [3.05, 3.63) is 59.2 Å². The lowest BCUT2D eigenvalue weighted by atomic mass is 10.1. The van der Waals surface area contributed by atoms with Gasteiger partial charge in [-0.15, -0.1) is 11.3 Å². The van der Waals surface area contributed by atoms with Crippen molar-refractivity contribution in [2.45, 2.75) is 20.0 Å². The molecule has 152 valence electrons. The minimum Gasteiger partial charge on any atom is -0.508 e. The maximum absolute atomic E-state index is 12.7. The third kappa shape index (κ3) is 4.26. The second-order valence-corrected chi connectivity index (χ2v) is 8.04. The van der Waals surface area contributed by atoms with Crippen LogP contribution in [0.15, 0.2) is 42.5 Å².